The Hall–Kier alpha value is -1.61. The Morgan fingerprint density at radius 1 is 1.21 bits per heavy atom. The first-order valence-corrected chi connectivity index (χ1v) is 6.82. The summed E-state index contributed by atoms with van der Waals surface area (Å²) in [5, 5.41) is 3.89. The summed E-state index contributed by atoms with van der Waals surface area (Å²) in [4.78, 5) is 8.18. The van der Waals surface area contributed by atoms with Crippen molar-refractivity contribution in [2.24, 2.45) is 0 Å². The number of aromatic nitrogens is 2. The van der Waals surface area contributed by atoms with E-state index in [9.17, 15) is 0 Å². The molecule has 1 heterocycles. The van der Waals surface area contributed by atoms with Crippen LogP contribution in [0.2, 0.25) is 5.15 Å². The second-order valence-electron chi connectivity index (χ2n) is 4.71. The molecule has 0 aliphatic heterocycles. The van der Waals surface area contributed by atoms with Gasteiger partial charge in [0.15, 0.2) is 0 Å². The first kappa shape index (κ1) is 13.8. The molecule has 1 aromatic carbocycles. The average molecular weight is 276 g/mol. The largest absolute Gasteiger partial charge is 0.367 e. The predicted molar refractivity (Wildman–Crippen MR) is 79.6 cm³/mol. The zero-order valence-electron chi connectivity index (χ0n) is 11.2. The summed E-state index contributed by atoms with van der Waals surface area (Å²) in [6.45, 7) is 4.08. The lowest BCUT2D eigenvalue weighted by Gasteiger charge is -2.16. The Kier molecular flexibility index (Phi) is 4.74. The number of aryl methyl sites for hydroxylation is 1. The molecule has 1 aromatic heterocycles. The highest BCUT2D eigenvalue weighted by Gasteiger charge is 2.08. The van der Waals surface area contributed by atoms with Gasteiger partial charge in [0.1, 0.15) is 17.3 Å². The maximum atomic E-state index is 5.98. The van der Waals surface area contributed by atoms with Crippen LogP contribution >= 0.6 is 11.6 Å². The number of halogens is 1. The quantitative estimate of drug-likeness (QED) is 0.842. The summed E-state index contributed by atoms with van der Waals surface area (Å²) < 4.78 is 0. The minimum Gasteiger partial charge on any atom is -0.367 e. The van der Waals surface area contributed by atoms with Gasteiger partial charge in [-0.3, -0.25) is 0 Å². The fraction of sp³-hybridized carbons (Fsp3) is 0.333. The Bertz CT molecular complexity index is 528. The topological polar surface area (TPSA) is 37.8 Å². The van der Waals surface area contributed by atoms with E-state index in [2.05, 4.69) is 46.5 Å². The third-order valence-corrected chi connectivity index (χ3v) is 3.50. The normalized spacial score (nSPS) is 12.2. The summed E-state index contributed by atoms with van der Waals surface area (Å²) >= 11 is 5.98. The zero-order chi connectivity index (χ0) is 13.7. The molecule has 0 amide bonds. The molecule has 1 unspecified atom stereocenters. The lowest BCUT2D eigenvalue weighted by Crippen LogP contribution is -2.18. The average Bonchev–Trinajstić information content (AvgIpc) is 2.43. The second kappa shape index (κ2) is 6.53. The Balaban J connectivity index is 1.91. The molecule has 0 saturated carbocycles. The summed E-state index contributed by atoms with van der Waals surface area (Å²) in [7, 11) is 0. The monoisotopic (exact) mass is 275 g/mol. The van der Waals surface area contributed by atoms with Crippen molar-refractivity contribution >= 4 is 17.4 Å². The van der Waals surface area contributed by atoms with Gasteiger partial charge >= 0.3 is 0 Å². The van der Waals surface area contributed by atoms with Gasteiger partial charge in [-0.1, -0.05) is 41.9 Å². The lowest BCUT2D eigenvalue weighted by atomic mass is 10.1. The number of rotatable bonds is 5. The lowest BCUT2D eigenvalue weighted by molar-refractivity contribution is 0.701. The number of hydrogen-bond acceptors (Lipinski definition) is 3. The standard InChI is InChI=1S/C15H18ClN3/c1-11(8-9-13-6-4-3-5-7-13)19-15-12(2)14(16)17-10-18-15/h3-7,10-11H,8-9H2,1-2H3,(H,17,18,19). The number of anilines is 1. The van der Waals surface area contributed by atoms with Crippen molar-refractivity contribution in [3.05, 3.63) is 52.9 Å². The van der Waals surface area contributed by atoms with E-state index >= 15 is 0 Å². The van der Waals surface area contributed by atoms with Crippen LogP contribution in [0.5, 0.6) is 0 Å². The zero-order valence-corrected chi connectivity index (χ0v) is 12.0. The van der Waals surface area contributed by atoms with E-state index in [-0.39, 0.29) is 0 Å². The fourth-order valence-electron chi connectivity index (χ4n) is 1.91. The highest BCUT2D eigenvalue weighted by atomic mass is 35.5. The van der Waals surface area contributed by atoms with Gasteiger partial charge in [0.05, 0.1) is 0 Å². The molecule has 0 radical (unpaired) electrons. The van der Waals surface area contributed by atoms with E-state index in [1.54, 1.807) is 0 Å². The van der Waals surface area contributed by atoms with Crippen LogP contribution < -0.4 is 5.32 Å². The maximum absolute atomic E-state index is 5.98. The molecule has 2 rings (SSSR count). The first-order chi connectivity index (χ1) is 9.16. The summed E-state index contributed by atoms with van der Waals surface area (Å²) in [5.41, 5.74) is 2.25. The molecule has 0 aliphatic rings. The van der Waals surface area contributed by atoms with E-state index in [1.165, 1.54) is 11.9 Å². The number of benzene rings is 1. The Labute approximate surface area is 119 Å². The van der Waals surface area contributed by atoms with Crippen molar-refractivity contribution in [2.75, 3.05) is 5.32 Å². The molecule has 0 fully saturated rings. The van der Waals surface area contributed by atoms with E-state index in [4.69, 9.17) is 11.6 Å². The van der Waals surface area contributed by atoms with Gasteiger partial charge in [-0.2, -0.15) is 0 Å². The van der Waals surface area contributed by atoms with Gasteiger partial charge in [0.25, 0.3) is 0 Å². The summed E-state index contributed by atoms with van der Waals surface area (Å²) in [5.74, 6) is 0.820. The van der Waals surface area contributed by atoms with Crippen molar-refractivity contribution in [3.8, 4) is 0 Å². The summed E-state index contributed by atoms with van der Waals surface area (Å²) in [6.07, 6.45) is 3.58. The molecule has 1 N–H and O–H groups in total. The number of hydrogen-bond donors (Lipinski definition) is 1. The molecule has 0 saturated heterocycles. The first-order valence-electron chi connectivity index (χ1n) is 6.44. The molecule has 2 aromatic rings. The van der Waals surface area contributed by atoms with Crippen LogP contribution in [0.15, 0.2) is 36.7 Å². The SMILES string of the molecule is Cc1c(Cl)ncnc1NC(C)CCc1ccccc1. The third-order valence-electron chi connectivity index (χ3n) is 3.11. The van der Waals surface area contributed by atoms with Crippen LogP contribution in [-0.2, 0) is 6.42 Å². The molecular weight excluding hydrogens is 258 g/mol. The van der Waals surface area contributed by atoms with Gasteiger partial charge in [-0.25, -0.2) is 9.97 Å². The molecule has 0 aliphatic carbocycles. The van der Waals surface area contributed by atoms with Crippen molar-refractivity contribution in [1.29, 1.82) is 0 Å². The maximum Gasteiger partial charge on any atom is 0.137 e. The van der Waals surface area contributed by atoms with Crippen molar-refractivity contribution in [2.45, 2.75) is 32.7 Å². The van der Waals surface area contributed by atoms with Crippen LogP contribution in [-0.4, -0.2) is 16.0 Å². The molecule has 3 nitrogen and oxygen atoms in total. The van der Waals surface area contributed by atoms with E-state index in [1.807, 2.05) is 13.0 Å². The van der Waals surface area contributed by atoms with Gasteiger partial charge in [0, 0.05) is 11.6 Å². The molecular formula is C15H18ClN3. The molecule has 4 heteroatoms. The molecule has 19 heavy (non-hydrogen) atoms. The minimum absolute atomic E-state index is 0.338. The van der Waals surface area contributed by atoms with E-state index in [0.29, 0.717) is 11.2 Å². The van der Waals surface area contributed by atoms with Crippen LogP contribution in [0.25, 0.3) is 0 Å². The van der Waals surface area contributed by atoms with Gasteiger partial charge in [-0.15, -0.1) is 0 Å². The van der Waals surface area contributed by atoms with Crippen LogP contribution in [0.4, 0.5) is 5.82 Å². The second-order valence-corrected chi connectivity index (χ2v) is 5.07. The fourth-order valence-corrected chi connectivity index (χ4v) is 2.04. The molecule has 0 spiro atoms. The van der Waals surface area contributed by atoms with Gasteiger partial charge in [-0.05, 0) is 32.3 Å². The third kappa shape index (κ3) is 3.93. The molecule has 100 valence electrons. The van der Waals surface area contributed by atoms with Crippen molar-refractivity contribution < 1.29 is 0 Å². The van der Waals surface area contributed by atoms with Crippen LogP contribution in [0, 0.1) is 6.92 Å². The number of nitrogens with one attached hydrogen (secondary N) is 1. The minimum atomic E-state index is 0.338. The Morgan fingerprint density at radius 2 is 1.95 bits per heavy atom. The van der Waals surface area contributed by atoms with E-state index in [0.717, 1.165) is 24.2 Å². The molecule has 0 bridgehead atoms. The number of nitrogens with zero attached hydrogens (tertiary/aromatic N) is 2. The summed E-state index contributed by atoms with van der Waals surface area (Å²) in [6, 6.07) is 10.8. The Morgan fingerprint density at radius 3 is 2.68 bits per heavy atom. The predicted octanol–water partition coefficient (Wildman–Crippen LogP) is 3.87. The van der Waals surface area contributed by atoms with Crippen LogP contribution in [0.3, 0.4) is 0 Å². The molecule has 1 atom stereocenters. The highest BCUT2D eigenvalue weighted by molar-refractivity contribution is 6.30. The van der Waals surface area contributed by atoms with Gasteiger partial charge < -0.3 is 5.32 Å². The van der Waals surface area contributed by atoms with Crippen molar-refractivity contribution in [3.63, 3.8) is 0 Å². The highest BCUT2D eigenvalue weighted by Crippen LogP contribution is 2.19. The van der Waals surface area contributed by atoms with Gasteiger partial charge in [0.2, 0.25) is 0 Å². The van der Waals surface area contributed by atoms with E-state index < -0.39 is 0 Å². The van der Waals surface area contributed by atoms with Crippen LogP contribution in [0.1, 0.15) is 24.5 Å². The van der Waals surface area contributed by atoms with Crippen molar-refractivity contribution in [1.82, 2.24) is 9.97 Å². The smallest absolute Gasteiger partial charge is 0.137 e.